The molecule has 160 valence electrons. The molecule has 2 aliphatic rings. The lowest BCUT2D eigenvalue weighted by atomic mass is 9.72. The van der Waals surface area contributed by atoms with Crippen LogP contribution in [0.5, 0.6) is 5.75 Å². The molecular weight excluding hydrogens is 374 g/mol. The van der Waals surface area contributed by atoms with E-state index in [2.05, 4.69) is 63.0 Å². The van der Waals surface area contributed by atoms with Crippen molar-refractivity contribution in [3.05, 3.63) is 48.0 Å². The van der Waals surface area contributed by atoms with E-state index in [1.807, 2.05) is 13.0 Å². The summed E-state index contributed by atoms with van der Waals surface area (Å²) in [6, 6.07) is 10.4. The lowest BCUT2D eigenvalue weighted by Gasteiger charge is -2.37. The largest absolute Gasteiger partial charge is 0.490 e. The molecule has 1 heterocycles. The van der Waals surface area contributed by atoms with Crippen LogP contribution in [-0.2, 0) is 10.3 Å². The fraction of sp³-hybridized carbons (Fsp3) is 0.500. The van der Waals surface area contributed by atoms with E-state index < -0.39 is 5.54 Å². The average molecular weight is 408 g/mol. The molecule has 4 rings (SSSR count). The molecule has 0 bridgehead atoms. The lowest BCUT2D eigenvalue weighted by Crippen LogP contribution is -2.37. The van der Waals surface area contributed by atoms with Gasteiger partial charge in [-0.3, -0.25) is 0 Å². The van der Waals surface area contributed by atoms with Crippen molar-refractivity contribution in [1.82, 2.24) is 5.32 Å². The number of rotatable bonds is 4. The molecule has 0 radical (unpaired) electrons. The van der Waals surface area contributed by atoms with Crippen LogP contribution in [0.4, 0.5) is 4.79 Å². The lowest BCUT2D eigenvalue weighted by molar-refractivity contribution is 0.0882. The maximum Gasteiger partial charge on any atom is 0.408 e. The molecule has 2 aromatic rings. The molecule has 1 amide bonds. The minimum Gasteiger partial charge on any atom is -0.490 e. The number of carbonyl (C=O) groups is 1. The first kappa shape index (κ1) is 20.8. The van der Waals surface area contributed by atoms with Crippen LogP contribution >= 0.6 is 0 Å². The Kier molecular flexibility index (Phi) is 5.29. The van der Waals surface area contributed by atoms with Crippen molar-refractivity contribution in [2.75, 3.05) is 6.61 Å². The van der Waals surface area contributed by atoms with Crippen LogP contribution in [0.2, 0.25) is 0 Å². The highest BCUT2D eigenvalue weighted by molar-refractivity contribution is 5.93. The number of hydrogen-bond acceptors (Lipinski definition) is 3. The summed E-state index contributed by atoms with van der Waals surface area (Å²) in [6.45, 7) is 13.4. The number of carbonyl (C=O) groups excluding carboxylic acids is 1. The van der Waals surface area contributed by atoms with Gasteiger partial charge in [0, 0.05) is 5.56 Å². The quantitative estimate of drug-likeness (QED) is 0.636. The first-order chi connectivity index (χ1) is 14.2. The Bertz CT molecular complexity index is 966. The number of nitrogens with one attached hydrogen (secondary N) is 1. The summed E-state index contributed by atoms with van der Waals surface area (Å²) in [7, 11) is 0. The Morgan fingerprint density at radius 1 is 1.17 bits per heavy atom. The van der Waals surface area contributed by atoms with Gasteiger partial charge in [-0.2, -0.15) is 0 Å². The maximum atomic E-state index is 11.5. The summed E-state index contributed by atoms with van der Waals surface area (Å²) >= 11 is 0. The maximum absolute atomic E-state index is 11.5. The Balaban J connectivity index is 1.56. The summed E-state index contributed by atoms with van der Waals surface area (Å²) < 4.78 is 11.6. The van der Waals surface area contributed by atoms with Crippen molar-refractivity contribution in [2.45, 2.75) is 65.0 Å². The van der Waals surface area contributed by atoms with Crippen LogP contribution in [0, 0.1) is 11.3 Å². The summed E-state index contributed by atoms with van der Waals surface area (Å²) in [6.07, 6.45) is 6.45. The van der Waals surface area contributed by atoms with Crippen molar-refractivity contribution >= 4 is 22.9 Å². The average Bonchev–Trinajstić information content (AvgIpc) is 3.07. The van der Waals surface area contributed by atoms with Crippen molar-refractivity contribution in [3.8, 4) is 5.75 Å². The van der Waals surface area contributed by atoms with E-state index in [1.54, 1.807) is 0 Å². The molecule has 1 saturated heterocycles. The molecule has 4 heteroatoms. The zero-order chi connectivity index (χ0) is 21.5. The third-order valence-corrected chi connectivity index (χ3v) is 6.93. The van der Waals surface area contributed by atoms with Gasteiger partial charge in [-0.1, -0.05) is 51.6 Å². The van der Waals surface area contributed by atoms with E-state index in [-0.39, 0.29) is 12.2 Å². The van der Waals surface area contributed by atoms with Crippen molar-refractivity contribution in [3.63, 3.8) is 0 Å². The summed E-state index contributed by atoms with van der Waals surface area (Å²) in [5.41, 5.74) is 1.94. The van der Waals surface area contributed by atoms with Gasteiger partial charge >= 0.3 is 6.09 Å². The van der Waals surface area contributed by atoms with Crippen molar-refractivity contribution in [1.29, 1.82) is 0 Å². The number of fused-ring (bicyclic) bond motifs is 1. The number of benzene rings is 2. The third kappa shape index (κ3) is 3.92. The van der Waals surface area contributed by atoms with Crippen LogP contribution in [0.15, 0.2) is 36.9 Å². The number of cyclic esters (lactones) is 1. The first-order valence-corrected chi connectivity index (χ1v) is 11.0. The molecule has 1 saturated carbocycles. The molecule has 2 fully saturated rings. The molecule has 0 aromatic heterocycles. The van der Waals surface area contributed by atoms with E-state index in [9.17, 15) is 4.79 Å². The van der Waals surface area contributed by atoms with Crippen LogP contribution < -0.4 is 10.1 Å². The molecule has 1 aliphatic carbocycles. The van der Waals surface area contributed by atoms with Crippen LogP contribution in [0.1, 0.15) is 64.5 Å². The minimum atomic E-state index is -0.500. The van der Waals surface area contributed by atoms with E-state index in [4.69, 9.17) is 9.47 Å². The normalized spacial score (nSPS) is 26.9. The number of amides is 1. The second-order valence-corrected chi connectivity index (χ2v) is 10.1. The Morgan fingerprint density at radius 3 is 2.50 bits per heavy atom. The molecule has 2 aromatic carbocycles. The summed E-state index contributed by atoms with van der Waals surface area (Å²) in [5.74, 6) is 1.68. The van der Waals surface area contributed by atoms with Gasteiger partial charge < -0.3 is 14.8 Å². The SMILES string of the molecule is C=Cc1c(O[C@H]2CC[C@H](C(C)(C)C)CC2)ccc2cc([C@]3(C)COC(=O)N3)ccc12. The van der Waals surface area contributed by atoms with Crippen LogP contribution in [0.25, 0.3) is 16.8 Å². The molecule has 0 unspecified atom stereocenters. The Hall–Kier alpha value is -2.49. The second-order valence-electron chi connectivity index (χ2n) is 10.1. The zero-order valence-corrected chi connectivity index (χ0v) is 18.6. The smallest absolute Gasteiger partial charge is 0.408 e. The Morgan fingerprint density at radius 2 is 1.90 bits per heavy atom. The second kappa shape index (κ2) is 7.64. The standard InChI is InChI=1S/C26H33NO3/c1-6-21-22-13-10-19(26(5)16-29-24(28)27-26)15-17(22)7-14-23(21)30-20-11-8-18(9-12-20)25(2,3)4/h6-7,10,13-15,18,20H,1,8-9,11-12,16H2,2-5H3,(H,27,28)/t18-,20-,26-/m0/s1. The molecule has 1 aliphatic heterocycles. The van der Waals surface area contributed by atoms with Gasteiger partial charge in [0.2, 0.25) is 0 Å². The predicted octanol–water partition coefficient (Wildman–Crippen LogP) is 6.42. The Labute approximate surface area is 179 Å². The fourth-order valence-electron chi connectivity index (χ4n) is 4.88. The topological polar surface area (TPSA) is 47.6 Å². The van der Waals surface area contributed by atoms with Gasteiger partial charge in [-0.25, -0.2) is 4.79 Å². The van der Waals surface area contributed by atoms with E-state index in [0.29, 0.717) is 12.0 Å². The van der Waals surface area contributed by atoms with Gasteiger partial charge in [0.15, 0.2) is 0 Å². The molecular formula is C26H33NO3. The summed E-state index contributed by atoms with van der Waals surface area (Å²) in [4.78, 5) is 11.5. The van der Waals surface area contributed by atoms with Crippen molar-refractivity contribution in [2.24, 2.45) is 11.3 Å². The number of hydrogen-bond donors (Lipinski definition) is 1. The van der Waals surface area contributed by atoms with Gasteiger partial charge in [0.25, 0.3) is 0 Å². The van der Waals surface area contributed by atoms with Crippen molar-refractivity contribution < 1.29 is 14.3 Å². The first-order valence-electron chi connectivity index (χ1n) is 11.0. The number of ether oxygens (including phenoxy) is 2. The highest BCUT2D eigenvalue weighted by Crippen LogP contribution is 2.40. The van der Waals surface area contributed by atoms with Crippen LogP contribution in [0.3, 0.4) is 0 Å². The monoisotopic (exact) mass is 407 g/mol. The molecule has 30 heavy (non-hydrogen) atoms. The van der Waals surface area contributed by atoms with Gasteiger partial charge in [0.1, 0.15) is 12.4 Å². The van der Waals surface area contributed by atoms with E-state index >= 15 is 0 Å². The third-order valence-electron chi connectivity index (χ3n) is 6.93. The highest BCUT2D eigenvalue weighted by Gasteiger charge is 2.36. The molecule has 4 nitrogen and oxygen atoms in total. The summed E-state index contributed by atoms with van der Waals surface area (Å²) in [5, 5.41) is 5.13. The zero-order valence-electron chi connectivity index (χ0n) is 18.6. The van der Waals surface area contributed by atoms with Crippen LogP contribution in [-0.4, -0.2) is 18.8 Å². The van der Waals surface area contributed by atoms with E-state index in [0.717, 1.165) is 46.4 Å². The predicted molar refractivity (Wildman–Crippen MR) is 122 cm³/mol. The minimum absolute atomic E-state index is 0.267. The van der Waals surface area contributed by atoms with E-state index in [1.165, 1.54) is 12.8 Å². The molecule has 0 spiro atoms. The van der Waals surface area contributed by atoms with Gasteiger partial charge in [0.05, 0.1) is 11.6 Å². The number of alkyl carbamates (subject to hydrolysis) is 1. The molecule has 1 atom stereocenters. The van der Waals surface area contributed by atoms with Gasteiger partial charge in [-0.05, 0) is 72.4 Å². The molecule has 1 N–H and O–H groups in total. The van der Waals surface area contributed by atoms with Gasteiger partial charge in [-0.15, -0.1) is 0 Å². The fourth-order valence-corrected chi connectivity index (χ4v) is 4.88. The highest BCUT2D eigenvalue weighted by atomic mass is 16.6.